The van der Waals surface area contributed by atoms with Gasteiger partial charge in [-0.15, -0.1) is 0 Å². The molecule has 0 bridgehead atoms. The van der Waals surface area contributed by atoms with Crippen LogP contribution in [0.3, 0.4) is 0 Å². The standard InChI is InChI=1S/C21H25N5O2/c1-28-9-8-26-6-4-15(5-7-26)21(27)25-20-11-18-10-16(19-13-23-24-14-19)2-3-17(18)12-22-20/h2-3,10-15H,4-9H2,1H3,(H,23,24)(H,22,25,27). The lowest BCUT2D eigenvalue weighted by Gasteiger charge is -2.30. The van der Waals surface area contributed by atoms with Gasteiger partial charge >= 0.3 is 0 Å². The highest BCUT2D eigenvalue weighted by atomic mass is 16.5. The quantitative estimate of drug-likeness (QED) is 0.688. The van der Waals surface area contributed by atoms with Crippen molar-refractivity contribution in [1.29, 1.82) is 0 Å². The Morgan fingerprint density at radius 2 is 2.07 bits per heavy atom. The van der Waals surface area contributed by atoms with E-state index < -0.39 is 0 Å². The molecule has 1 aliphatic heterocycles. The number of aromatic nitrogens is 3. The fourth-order valence-electron chi connectivity index (χ4n) is 3.67. The van der Waals surface area contributed by atoms with E-state index in [1.54, 1.807) is 19.5 Å². The summed E-state index contributed by atoms with van der Waals surface area (Å²) in [4.78, 5) is 19.4. The number of amides is 1. The predicted octanol–water partition coefficient (Wildman–Crippen LogP) is 2.92. The topological polar surface area (TPSA) is 83.1 Å². The summed E-state index contributed by atoms with van der Waals surface area (Å²) in [6.45, 7) is 3.52. The van der Waals surface area contributed by atoms with E-state index in [4.69, 9.17) is 4.74 Å². The number of aromatic amines is 1. The zero-order valence-electron chi connectivity index (χ0n) is 16.0. The number of H-pyrrole nitrogens is 1. The number of hydrogen-bond donors (Lipinski definition) is 2. The largest absolute Gasteiger partial charge is 0.383 e. The molecule has 0 saturated carbocycles. The molecule has 0 atom stereocenters. The summed E-state index contributed by atoms with van der Waals surface area (Å²) in [5, 5.41) is 11.9. The highest BCUT2D eigenvalue weighted by Crippen LogP contribution is 2.25. The van der Waals surface area contributed by atoms with E-state index in [-0.39, 0.29) is 11.8 Å². The van der Waals surface area contributed by atoms with Gasteiger partial charge in [0.15, 0.2) is 0 Å². The molecular formula is C21H25N5O2. The number of benzene rings is 1. The lowest BCUT2D eigenvalue weighted by Crippen LogP contribution is -2.39. The van der Waals surface area contributed by atoms with E-state index in [0.29, 0.717) is 5.82 Å². The van der Waals surface area contributed by atoms with Crippen LogP contribution in [0, 0.1) is 5.92 Å². The summed E-state index contributed by atoms with van der Waals surface area (Å²) in [5.41, 5.74) is 2.11. The van der Waals surface area contributed by atoms with Crippen LogP contribution in [0.15, 0.2) is 42.9 Å². The summed E-state index contributed by atoms with van der Waals surface area (Å²) in [5.74, 6) is 0.696. The van der Waals surface area contributed by atoms with E-state index >= 15 is 0 Å². The Kier molecular flexibility index (Phi) is 5.64. The molecule has 0 radical (unpaired) electrons. The van der Waals surface area contributed by atoms with Gasteiger partial charge in [0, 0.05) is 42.9 Å². The van der Waals surface area contributed by atoms with Crippen LogP contribution in [-0.4, -0.2) is 59.3 Å². The van der Waals surface area contributed by atoms with Gasteiger partial charge in [0.05, 0.1) is 12.8 Å². The Hall–Kier alpha value is -2.77. The Morgan fingerprint density at radius 1 is 1.21 bits per heavy atom. The molecule has 0 unspecified atom stereocenters. The minimum Gasteiger partial charge on any atom is -0.383 e. The summed E-state index contributed by atoms with van der Waals surface area (Å²) in [6.07, 6.45) is 7.20. The SMILES string of the molecule is COCCN1CCC(C(=O)Nc2cc3cc(-c4cn[nH]c4)ccc3cn2)CC1. The highest BCUT2D eigenvalue weighted by Gasteiger charge is 2.25. The third kappa shape index (κ3) is 4.21. The number of nitrogens with one attached hydrogen (secondary N) is 2. The average Bonchev–Trinajstić information content (AvgIpc) is 3.27. The number of carbonyl (C=O) groups is 1. The van der Waals surface area contributed by atoms with Crippen LogP contribution in [0.25, 0.3) is 21.9 Å². The van der Waals surface area contributed by atoms with Crippen LogP contribution < -0.4 is 5.32 Å². The van der Waals surface area contributed by atoms with Crippen LogP contribution in [-0.2, 0) is 9.53 Å². The number of nitrogens with zero attached hydrogens (tertiary/aromatic N) is 3. The van der Waals surface area contributed by atoms with Crippen molar-refractivity contribution in [3.05, 3.63) is 42.9 Å². The van der Waals surface area contributed by atoms with E-state index in [1.165, 1.54) is 0 Å². The van der Waals surface area contributed by atoms with Crippen LogP contribution in [0.4, 0.5) is 5.82 Å². The molecule has 2 aromatic heterocycles. The molecule has 146 valence electrons. The number of fused-ring (bicyclic) bond motifs is 1. The first-order valence-electron chi connectivity index (χ1n) is 9.64. The molecule has 2 N–H and O–H groups in total. The monoisotopic (exact) mass is 379 g/mol. The van der Waals surface area contributed by atoms with Gasteiger partial charge in [0.1, 0.15) is 5.82 Å². The van der Waals surface area contributed by atoms with Gasteiger partial charge in [0.2, 0.25) is 5.91 Å². The van der Waals surface area contributed by atoms with Crippen LogP contribution >= 0.6 is 0 Å². The first kappa shape index (κ1) is 18.6. The number of piperidine rings is 1. The molecule has 1 aliphatic rings. The van der Waals surface area contributed by atoms with Crippen molar-refractivity contribution in [1.82, 2.24) is 20.1 Å². The molecule has 0 aliphatic carbocycles. The third-order valence-electron chi connectivity index (χ3n) is 5.37. The van der Waals surface area contributed by atoms with Crippen LogP contribution in [0.2, 0.25) is 0 Å². The Bertz CT molecular complexity index is 933. The molecule has 28 heavy (non-hydrogen) atoms. The van der Waals surface area contributed by atoms with Crippen molar-refractivity contribution >= 4 is 22.5 Å². The normalized spacial score (nSPS) is 15.8. The molecule has 0 spiro atoms. The minimum absolute atomic E-state index is 0.0357. The van der Waals surface area contributed by atoms with Gasteiger partial charge in [-0.1, -0.05) is 12.1 Å². The number of methoxy groups -OCH3 is 1. The van der Waals surface area contributed by atoms with Crippen molar-refractivity contribution < 1.29 is 9.53 Å². The van der Waals surface area contributed by atoms with E-state index in [0.717, 1.165) is 61.0 Å². The average molecular weight is 379 g/mol. The lowest BCUT2D eigenvalue weighted by atomic mass is 9.96. The molecule has 3 aromatic rings. The van der Waals surface area contributed by atoms with Crippen molar-refractivity contribution in [3.8, 4) is 11.1 Å². The fraction of sp³-hybridized carbons (Fsp3) is 0.381. The van der Waals surface area contributed by atoms with Crippen molar-refractivity contribution in [2.45, 2.75) is 12.8 Å². The van der Waals surface area contributed by atoms with E-state index in [1.807, 2.05) is 24.4 Å². The van der Waals surface area contributed by atoms with Crippen LogP contribution in [0.1, 0.15) is 12.8 Å². The number of likely N-dealkylation sites (tertiary alicyclic amines) is 1. The van der Waals surface area contributed by atoms with Crippen molar-refractivity contribution in [2.24, 2.45) is 5.92 Å². The van der Waals surface area contributed by atoms with Gasteiger partial charge in [-0.2, -0.15) is 5.10 Å². The Balaban J connectivity index is 1.42. The van der Waals surface area contributed by atoms with E-state index in [2.05, 4.69) is 31.5 Å². The minimum atomic E-state index is 0.0357. The number of pyridine rings is 1. The Labute approximate surface area is 164 Å². The molecule has 1 amide bonds. The first-order valence-corrected chi connectivity index (χ1v) is 9.64. The second kappa shape index (κ2) is 8.50. The summed E-state index contributed by atoms with van der Waals surface area (Å²) in [6, 6.07) is 8.10. The number of rotatable bonds is 6. The molecule has 4 rings (SSSR count). The number of carbonyl (C=O) groups excluding carboxylic acids is 1. The second-order valence-corrected chi connectivity index (χ2v) is 7.22. The van der Waals surface area contributed by atoms with Crippen molar-refractivity contribution in [2.75, 3.05) is 38.7 Å². The van der Waals surface area contributed by atoms with Crippen molar-refractivity contribution in [3.63, 3.8) is 0 Å². The zero-order chi connectivity index (χ0) is 19.3. The second-order valence-electron chi connectivity index (χ2n) is 7.22. The maximum atomic E-state index is 12.7. The van der Waals surface area contributed by atoms with E-state index in [9.17, 15) is 4.79 Å². The molecule has 7 heteroatoms. The van der Waals surface area contributed by atoms with Gasteiger partial charge in [-0.3, -0.25) is 9.89 Å². The van der Waals surface area contributed by atoms with Gasteiger partial charge < -0.3 is 15.0 Å². The predicted molar refractivity (Wildman–Crippen MR) is 109 cm³/mol. The molecule has 1 fully saturated rings. The lowest BCUT2D eigenvalue weighted by molar-refractivity contribution is -0.121. The number of ether oxygens (including phenoxy) is 1. The summed E-state index contributed by atoms with van der Waals surface area (Å²) in [7, 11) is 1.72. The third-order valence-corrected chi connectivity index (χ3v) is 5.37. The van der Waals surface area contributed by atoms with Gasteiger partial charge in [-0.25, -0.2) is 4.98 Å². The maximum Gasteiger partial charge on any atom is 0.228 e. The number of hydrogen-bond acceptors (Lipinski definition) is 5. The molecule has 1 aromatic carbocycles. The maximum absolute atomic E-state index is 12.7. The molecular weight excluding hydrogens is 354 g/mol. The summed E-state index contributed by atoms with van der Waals surface area (Å²) < 4.78 is 5.13. The Morgan fingerprint density at radius 3 is 2.82 bits per heavy atom. The van der Waals surface area contributed by atoms with Gasteiger partial charge in [-0.05, 0) is 49.0 Å². The first-order chi connectivity index (χ1) is 13.7. The van der Waals surface area contributed by atoms with Crippen LogP contribution in [0.5, 0.6) is 0 Å². The highest BCUT2D eigenvalue weighted by molar-refractivity contribution is 5.95. The smallest absolute Gasteiger partial charge is 0.228 e. The fourth-order valence-corrected chi connectivity index (χ4v) is 3.67. The molecule has 1 saturated heterocycles. The van der Waals surface area contributed by atoms with Gasteiger partial charge in [0.25, 0.3) is 0 Å². The zero-order valence-corrected chi connectivity index (χ0v) is 16.0. The summed E-state index contributed by atoms with van der Waals surface area (Å²) >= 11 is 0. The number of anilines is 1. The molecule has 3 heterocycles. The molecule has 7 nitrogen and oxygen atoms in total.